The van der Waals surface area contributed by atoms with Gasteiger partial charge in [0.05, 0.1) is 0 Å². The van der Waals surface area contributed by atoms with Crippen molar-refractivity contribution in [3.8, 4) is 0 Å². The molecule has 0 spiro atoms. The molecule has 0 radical (unpaired) electrons. The Kier molecular flexibility index (Phi) is 5.95. The molecule has 5 nitrogen and oxygen atoms in total. The number of aliphatic carboxylic acids is 1. The lowest BCUT2D eigenvalue weighted by Crippen LogP contribution is -2.49. The molecule has 2 N–H and O–H groups in total. The van der Waals surface area contributed by atoms with Gasteiger partial charge in [-0.1, -0.05) is 26.7 Å². The summed E-state index contributed by atoms with van der Waals surface area (Å²) < 4.78 is 0. The summed E-state index contributed by atoms with van der Waals surface area (Å²) in [6, 6.07) is -0.649. The van der Waals surface area contributed by atoms with Crippen molar-refractivity contribution < 1.29 is 14.7 Å². The topological polar surface area (TPSA) is 69.6 Å². The van der Waals surface area contributed by atoms with Crippen molar-refractivity contribution in [2.75, 3.05) is 6.54 Å². The lowest BCUT2D eigenvalue weighted by Gasteiger charge is -2.24. The van der Waals surface area contributed by atoms with E-state index in [0.29, 0.717) is 19.0 Å². The fraction of sp³-hybridized carbons (Fsp3) is 0.846. The highest BCUT2D eigenvalue weighted by Crippen LogP contribution is 2.27. The van der Waals surface area contributed by atoms with Crippen molar-refractivity contribution in [3.05, 3.63) is 0 Å². The van der Waals surface area contributed by atoms with E-state index >= 15 is 0 Å². The lowest BCUT2D eigenvalue weighted by molar-refractivity contribution is -0.139. The first-order chi connectivity index (χ1) is 8.60. The van der Waals surface area contributed by atoms with Gasteiger partial charge in [-0.15, -0.1) is 0 Å². The van der Waals surface area contributed by atoms with E-state index in [1.54, 1.807) is 4.90 Å². The molecule has 0 heterocycles. The number of nitrogens with one attached hydrogen (secondary N) is 1. The van der Waals surface area contributed by atoms with E-state index in [4.69, 9.17) is 5.11 Å². The molecule has 0 aromatic rings. The van der Waals surface area contributed by atoms with E-state index < -0.39 is 12.0 Å². The third-order valence-corrected chi connectivity index (χ3v) is 3.16. The Bertz CT molecular complexity index is 290. The van der Waals surface area contributed by atoms with Crippen LogP contribution in [0.2, 0.25) is 0 Å². The second-order valence-electron chi connectivity index (χ2n) is 4.91. The third kappa shape index (κ3) is 4.55. The Labute approximate surface area is 109 Å². The number of urea groups is 1. The van der Waals surface area contributed by atoms with Crippen molar-refractivity contribution in [3.63, 3.8) is 0 Å². The Hall–Kier alpha value is -1.26. The van der Waals surface area contributed by atoms with E-state index in [1.807, 2.05) is 13.8 Å². The van der Waals surface area contributed by atoms with E-state index in [9.17, 15) is 9.59 Å². The van der Waals surface area contributed by atoms with Crippen LogP contribution >= 0.6 is 0 Å². The molecule has 1 rings (SSSR count). The number of hydrogen-bond donors (Lipinski definition) is 2. The monoisotopic (exact) mass is 256 g/mol. The van der Waals surface area contributed by atoms with Crippen LogP contribution in [0.15, 0.2) is 0 Å². The minimum absolute atomic E-state index is 0.220. The molecule has 0 bridgehead atoms. The molecule has 1 aliphatic carbocycles. The van der Waals surface area contributed by atoms with E-state index in [1.165, 1.54) is 0 Å². The lowest BCUT2D eigenvalue weighted by atomic mass is 10.1. The third-order valence-electron chi connectivity index (χ3n) is 3.16. The Morgan fingerprint density at radius 3 is 2.44 bits per heavy atom. The standard InChI is InChI=1S/C13H24N2O3/c1-3-5-6-11(12(16)17)14-13(18)15(9-4-2)10-7-8-10/h10-11H,3-9H2,1-2H3,(H,14,18)(H,16,17)/t11-/m0/s1. The summed E-state index contributed by atoms with van der Waals surface area (Å²) in [6.45, 7) is 4.74. The smallest absolute Gasteiger partial charge is 0.326 e. The molecule has 0 aromatic heterocycles. The van der Waals surface area contributed by atoms with Crippen LogP contribution < -0.4 is 5.32 Å². The maximum atomic E-state index is 12.0. The molecular weight excluding hydrogens is 232 g/mol. The maximum absolute atomic E-state index is 12.0. The Morgan fingerprint density at radius 2 is 2.00 bits per heavy atom. The van der Waals surface area contributed by atoms with Crippen LogP contribution in [0, 0.1) is 0 Å². The molecule has 1 saturated carbocycles. The summed E-state index contributed by atoms with van der Waals surface area (Å²) in [5, 5.41) is 11.7. The van der Waals surface area contributed by atoms with Gasteiger partial charge in [0.1, 0.15) is 6.04 Å². The number of nitrogens with zero attached hydrogens (tertiary/aromatic N) is 1. The first-order valence-electron chi connectivity index (χ1n) is 6.90. The number of hydrogen-bond acceptors (Lipinski definition) is 2. The largest absolute Gasteiger partial charge is 0.480 e. The van der Waals surface area contributed by atoms with Crippen LogP contribution in [0.1, 0.15) is 52.4 Å². The SMILES string of the molecule is CCCC[C@H](NC(=O)N(CCC)C1CC1)C(=O)O. The Morgan fingerprint density at radius 1 is 1.33 bits per heavy atom. The van der Waals surface area contributed by atoms with Gasteiger partial charge < -0.3 is 15.3 Å². The maximum Gasteiger partial charge on any atom is 0.326 e. The van der Waals surface area contributed by atoms with Crippen molar-refractivity contribution >= 4 is 12.0 Å². The molecule has 0 unspecified atom stereocenters. The molecule has 0 aromatic carbocycles. The highest BCUT2D eigenvalue weighted by atomic mass is 16.4. The summed E-state index contributed by atoms with van der Waals surface area (Å²) >= 11 is 0. The second-order valence-corrected chi connectivity index (χ2v) is 4.91. The highest BCUT2D eigenvalue weighted by molar-refractivity contribution is 5.82. The molecule has 0 aliphatic heterocycles. The summed E-state index contributed by atoms with van der Waals surface area (Å²) in [6.07, 6.45) is 5.23. The zero-order chi connectivity index (χ0) is 13.5. The van der Waals surface area contributed by atoms with Crippen LogP contribution in [0.5, 0.6) is 0 Å². The molecule has 1 aliphatic rings. The van der Waals surface area contributed by atoms with Crippen LogP contribution in [-0.2, 0) is 4.79 Å². The van der Waals surface area contributed by atoms with Gasteiger partial charge in [-0.05, 0) is 25.7 Å². The van der Waals surface area contributed by atoms with Crippen LogP contribution in [-0.4, -0.2) is 40.6 Å². The summed E-state index contributed by atoms with van der Waals surface area (Å²) in [7, 11) is 0. The fourth-order valence-electron chi connectivity index (χ4n) is 1.97. The van der Waals surface area contributed by atoms with Crippen molar-refractivity contribution in [2.45, 2.75) is 64.5 Å². The number of carbonyl (C=O) groups excluding carboxylic acids is 1. The van der Waals surface area contributed by atoms with Gasteiger partial charge in [-0.2, -0.15) is 0 Å². The fourth-order valence-corrected chi connectivity index (χ4v) is 1.97. The number of amides is 2. The number of unbranched alkanes of at least 4 members (excludes halogenated alkanes) is 1. The molecular formula is C13H24N2O3. The first-order valence-corrected chi connectivity index (χ1v) is 6.90. The van der Waals surface area contributed by atoms with E-state index in [-0.39, 0.29) is 6.03 Å². The number of carbonyl (C=O) groups is 2. The van der Waals surface area contributed by atoms with Gasteiger partial charge >= 0.3 is 12.0 Å². The molecule has 104 valence electrons. The highest BCUT2D eigenvalue weighted by Gasteiger charge is 2.33. The van der Waals surface area contributed by atoms with E-state index in [2.05, 4.69) is 5.32 Å². The molecule has 2 amide bonds. The van der Waals surface area contributed by atoms with Crippen LogP contribution in [0.25, 0.3) is 0 Å². The second kappa shape index (κ2) is 7.24. The van der Waals surface area contributed by atoms with Gasteiger partial charge in [-0.3, -0.25) is 0 Å². The minimum Gasteiger partial charge on any atom is -0.480 e. The van der Waals surface area contributed by atoms with Gasteiger partial charge in [0, 0.05) is 12.6 Å². The van der Waals surface area contributed by atoms with Crippen LogP contribution in [0.3, 0.4) is 0 Å². The molecule has 5 heteroatoms. The molecule has 1 fully saturated rings. The van der Waals surface area contributed by atoms with Crippen molar-refractivity contribution in [1.82, 2.24) is 10.2 Å². The average Bonchev–Trinajstić information content (AvgIpc) is 3.14. The Balaban J connectivity index is 2.49. The van der Waals surface area contributed by atoms with Gasteiger partial charge in [0.15, 0.2) is 0 Å². The van der Waals surface area contributed by atoms with Gasteiger partial charge in [0.2, 0.25) is 0 Å². The zero-order valence-electron chi connectivity index (χ0n) is 11.3. The number of carboxylic acids is 1. The summed E-state index contributed by atoms with van der Waals surface area (Å²) in [5.41, 5.74) is 0. The predicted molar refractivity (Wildman–Crippen MR) is 69.5 cm³/mol. The number of carboxylic acid groups (broad SMARTS) is 1. The average molecular weight is 256 g/mol. The quantitative estimate of drug-likeness (QED) is 0.699. The number of rotatable bonds is 8. The zero-order valence-corrected chi connectivity index (χ0v) is 11.3. The van der Waals surface area contributed by atoms with Crippen molar-refractivity contribution in [1.29, 1.82) is 0 Å². The minimum atomic E-state index is -0.941. The predicted octanol–water partition coefficient (Wildman–Crippen LogP) is 2.21. The first kappa shape index (κ1) is 14.8. The van der Waals surface area contributed by atoms with Gasteiger partial charge in [-0.25, -0.2) is 9.59 Å². The molecule has 0 saturated heterocycles. The summed E-state index contributed by atoms with van der Waals surface area (Å²) in [5.74, 6) is -0.941. The summed E-state index contributed by atoms with van der Waals surface area (Å²) in [4.78, 5) is 24.9. The van der Waals surface area contributed by atoms with Gasteiger partial charge in [0.25, 0.3) is 0 Å². The molecule has 1 atom stereocenters. The normalized spacial score (nSPS) is 16.1. The van der Waals surface area contributed by atoms with Crippen molar-refractivity contribution in [2.24, 2.45) is 0 Å². The van der Waals surface area contributed by atoms with E-state index in [0.717, 1.165) is 32.1 Å². The van der Waals surface area contributed by atoms with Crippen LogP contribution in [0.4, 0.5) is 4.79 Å². The molecule has 18 heavy (non-hydrogen) atoms.